The molecule has 7 heteroatoms. The Bertz CT molecular complexity index is 686. The number of rotatable bonds is 3. The number of hydrogen-bond donors (Lipinski definition) is 1. The van der Waals surface area contributed by atoms with Gasteiger partial charge >= 0.3 is 5.97 Å². The third-order valence-corrected chi connectivity index (χ3v) is 2.99. The Morgan fingerprint density at radius 1 is 1.33 bits per heavy atom. The number of ether oxygens (including phenoxy) is 1. The average Bonchev–Trinajstić information content (AvgIpc) is 2.73. The second kappa shape index (κ2) is 5.58. The number of nitrogens with zero attached hydrogens (tertiary/aromatic N) is 1. The number of hydrogen-bond acceptors (Lipinski definition) is 5. The first-order valence-corrected chi connectivity index (χ1v) is 6.01. The SMILES string of the molecule is COC(=O)C1=C(C)NC(=O)/C1=C\c1ccc([N+](=O)[O-])cc1. The maximum atomic E-state index is 11.9. The molecule has 0 fully saturated rings. The lowest BCUT2D eigenvalue weighted by atomic mass is 10.0. The molecule has 1 amide bonds. The summed E-state index contributed by atoms with van der Waals surface area (Å²) in [5, 5.41) is 13.1. The quantitative estimate of drug-likeness (QED) is 0.394. The smallest absolute Gasteiger partial charge is 0.340 e. The van der Waals surface area contributed by atoms with Gasteiger partial charge in [0, 0.05) is 17.8 Å². The number of nitro groups is 1. The highest BCUT2D eigenvalue weighted by molar-refractivity contribution is 6.16. The lowest BCUT2D eigenvalue weighted by Crippen LogP contribution is -2.15. The van der Waals surface area contributed by atoms with Crippen molar-refractivity contribution in [2.24, 2.45) is 0 Å². The molecule has 0 spiro atoms. The van der Waals surface area contributed by atoms with E-state index in [1.54, 1.807) is 6.92 Å². The first-order valence-electron chi connectivity index (χ1n) is 6.01. The summed E-state index contributed by atoms with van der Waals surface area (Å²) in [6, 6.07) is 5.66. The molecule has 0 saturated carbocycles. The minimum atomic E-state index is -0.612. The number of nitrogens with one attached hydrogen (secondary N) is 1. The van der Waals surface area contributed by atoms with E-state index in [9.17, 15) is 19.7 Å². The molecule has 21 heavy (non-hydrogen) atoms. The number of non-ortho nitro benzene ring substituents is 1. The van der Waals surface area contributed by atoms with Crippen LogP contribution in [0.4, 0.5) is 5.69 Å². The van der Waals surface area contributed by atoms with Crippen LogP contribution in [0.25, 0.3) is 6.08 Å². The van der Waals surface area contributed by atoms with E-state index < -0.39 is 16.8 Å². The number of benzene rings is 1. The van der Waals surface area contributed by atoms with Crippen LogP contribution in [0.1, 0.15) is 12.5 Å². The van der Waals surface area contributed by atoms with E-state index in [0.717, 1.165) is 0 Å². The minimum Gasteiger partial charge on any atom is -0.465 e. The Morgan fingerprint density at radius 2 is 1.95 bits per heavy atom. The Morgan fingerprint density at radius 3 is 2.48 bits per heavy atom. The summed E-state index contributed by atoms with van der Waals surface area (Å²) in [4.78, 5) is 33.6. The highest BCUT2D eigenvalue weighted by Gasteiger charge is 2.30. The molecule has 1 aliphatic rings. The highest BCUT2D eigenvalue weighted by Crippen LogP contribution is 2.25. The Kier molecular flexibility index (Phi) is 3.84. The van der Waals surface area contributed by atoms with E-state index in [-0.39, 0.29) is 16.8 Å². The Hall–Kier alpha value is -2.96. The lowest BCUT2D eigenvalue weighted by molar-refractivity contribution is -0.384. The van der Waals surface area contributed by atoms with Crippen molar-refractivity contribution in [2.75, 3.05) is 7.11 Å². The number of esters is 1. The largest absolute Gasteiger partial charge is 0.465 e. The van der Waals surface area contributed by atoms with Crippen molar-refractivity contribution in [1.29, 1.82) is 0 Å². The van der Waals surface area contributed by atoms with Gasteiger partial charge in [0.15, 0.2) is 0 Å². The normalized spacial score (nSPS) is 16.1. The molecule has 1 aliphatic heterocycles. The van der Waals surface area contributed by atoms with Crippen LogP contribution in [0.5, 0.6) is 0 Å². The zero-order valence-electron chi connectivity index (χ0n) is 11.4. The van der Waals surface area contributed by atoms with Crippen LogP contribution in [0.2, 0.25) is 0 Å². The van der Waals surface area contributed by atoms with Gasteiger partial charge in [-0.25, -0.2) is 4.79 Å². The molecule has 1 aromatic carbocycles. The summed E-state index contributed by atoms with van der Waals surface area (Å²) in [6.45, 7) is 1.60. The fourth-order valence-corrected chi connectivity index (χ4v) is 1.98. The van der Waals surface area contributed by atoms with Gasteiger partial charge in [0.2, 0.25) is 0 Å². The zero-order valence-corrected chi connectivity index (χ0v) is 11.4. The number of nitro benzene ring substituents is 1. The van der Waals surface area contributed by atoms with Gasteiger partial charge in [0.25, 0.3) is 11.6 Å². The molecule has 0 aromatic heterocycles. The van der Waals surface area contributed by atoms with E-state index in [0.29, 0.717) is 11.3 Å². The van der Waals surface area contributed by atoms with E-state index in [1.165, 1.54) is 37.5 Å². The standard InChI is InChI=1S/C14H12N2O5/c1-8-12(14(18)21-2)11(13(17)15-8)7-9-3-5-10(6-4-9)16(19)20/h3-7H,1-2H3,(H,15,17)/b11-7-. The van der Waals surface area contributed by atoms with Gasteiger partial charge in [-0.1, -0.05) is 0 Å². The van der Waals surface area contributed by atoms with Gasteiger partial charge in [-0.15, -0.1) is 0 Å². The topological polar surface area (TPSA) is 98.5 Å². The maximum absolute atomic E-state index is 11.9. The summed E-state index contributed by atoms with van der Waals surface area (Å²) in [7, 11) is 1.23. The average molecular weight is 288 g/mol. The van der Waals surface area contributed by atoms with Crippen LogP contribution in [-0.4, -0.2) is 23.9 Å². The molecule has 0 bridgehead atoms. The first kappa shape index (κ1) is 14.4. The molecule has 1 N–H and O–H groups in total. The third kappa shape index (κ3) is 2.81. The Balaban J connectivity index is 2.41. The third-order valence-electron chi connectivity index (χ3n) is 2.99. The summed E-state index contributed by atoms with van der Waals surface area (Å²) in [5.74, 6) is -1.02. The van der Waals surface area contributed by atoms with Crippen molar-refractivity contribution in [3.05, 3.63) is 56.8 Å². The molecule has 0 radical (unpaired) electrons. The van der Waals surface area contributed by atoms with Crippen LogP contribution in [0.3, 0.4) is 0 Å². The molecule has 0 aliphatic carbocycles. The molecule has 108 valence electrons. The van der Waals surface area contributed by atoms with Crippen molar-refractivity contribution in [3.8, 4) is 0 Å². The number of carbonyl (C=O) groups excluding carboxylic acids is 2. The van der Waals surface area contributed by atoms with Crippen molar-refractivity contribution in [2.45, 2.75) is 6.92 Å². The summed E-state index contributed by atoms with van der Waals surface area (Å²) in [5.41, 5.74) is 1.28. The van der Waals surface area contributed by atoms with Crippen molar-refractivity contribution in [1.82, 2.24) is 5.32 Å². The molecule has 0 saturated heterocycles. The van der Waals surface area contributed by atoms with Crippen LogP contribution in [0.15, 0.2) is 41.1 Å². The molecule has 0 atom stereocenters. The predicted octanol–water partition coefficient (Wildman–Crippen LogP) is 1.55. The first-order chi connectivity index (χ1) is 9.93. The van der Waals surface area contributed by atoms with Crippen molar-refractivity contribution < 1.29 is 19.2 Å². The fraction of sp³-hybridized carbons (Fsp3) is 0.143. The maximum Gasteiger partial charge on any atom is 0.340 e. The van der Waals surface area contributed by atoms with Crippen LogP contribution >= 0.6 is 0 Å². The molecular weight excluding hydrogens is 276 g/mol. The molecular formula is C14H12N2O5. The van der Waals surface area contributed by atoms with E-state index >= 15 is 0 Å². The monoisotopic (exact) mass is 288 g/mol. The number of carbonyl (C=O) groups is 2. The van der Waals surface area contributed by atoms with E-state index in [4.69, 9.17) is 0 Å². The molecule has 0 unspecified atom stereocenters. The lowest BCUT2D eigenvalue weighted by Gasteiger charge is -2.02. The number of allylic oxidation sites excluding steroid dienone is 1. The number of methoxy groups -OCH3 is 1. The second-order valence-corrected chi connectivity index (χ2v) is 4.35. The van der Waals surface area contributed by atoms with Gasteiger partial charge in [0.1, 0.15) is 0 Å². The van der Waals surface area contributed by atoms with Gasteiger partial charge < -0.3 is 10.1 Å². The van der Waals surface area contributed by atoms with Crippen molar-refractivity contribution in [3.63, 3.8) is 0 Å². The van der Waals surface area contributed by atoms with Crippen LogP contribution in [0, 0.1) is 10.1 Å². The van der Waals surface area contributed by atoms with Gasteiger partial charge in [0.05, 0.1) is 23.2 Å². The zero-order chi connectivity index (χ0) is 15.6. The fourth-order valence-electron chi connectivity index (χ4n) is 1.98. The summed E-state index contributed by atoms with van der Waals surface area (Å²) >= 11 is 0. The van der Waals surface area contributed by atoms with Gasteiger partial charge in [-0.2, -0.15) is 0 Å². The van der Waals surface area contributed by atoms with E-state index in [2.05, 4.69) is 10.1 Å². The summed E-state index contributed by atoms with van der Waals surface area (Å²) in [6.07, 6.45) is 1.49. The molecule has 1 aromatic rings. The van der Waals surface area contributed by atoms with Gasteiger partial charge in [-0.3, -0.25) is 14.9 Å². The Labute approximate surface area is 120 Å². The predicted molar refractivity (Wildman–Crippen MR) is 73.9 cm³/mol. The molecule has 2 rings (SSSR count). The second-order valence-electron chi connectivity index (χ2n) is 4.35. The summed E-state index contributed by atoms with van der Waals surface area (Å²) < 4.78 is 4.65. The highest BCUT2D eigenvalue weighted by atomic mass is 16.6. The molecule has 1 heterocycles. The van der Waals surface area contributed by atoms with Crippen LogP contribution in [-0.2, 0) is 14.3 Å². The van der Waals surface area contributed by atoms with E-state index in [1.807, 2.05) is 0 Å². The number of amides is 1. The molecule has 7 nitrogen and oxygen atoms in total. The minimum absolute atomic E-state index is 0.0482. The van der Waals surface area contributed by atoms with Crippen molar-refractivity contribution >= 4 is 23.6 Å². The van der Waals surface area contributed by atoms with Crippen LogP contribution < -0.4 is 5.32 Å². The van der Waals surface area contributed by atoms with Gasteiger partial charge in [-0.05, 0) is 30.7 Å².